The molecular weight excluding hydrogens is 332 g/mol. The number of methoxy groups -OCH3 is 3. The number of nitrogens with one attached hydrogen (secondary N) is 2. The molecule has 0 bridgehead atoms. The molecule has 0 aliphatic carbocycles. The van der Waals surface area contributed by atoms with Gasteiger partial charge in [0.05, 0.1) is 32.8 Å². The first-order chi connectivity index (χ1) is 11.6. The van der Waals surface area contributed by atoms with Gasteiger partial charge in [0, 0.05) is 17.8 Å². The predicted molar refractivity (Wildman–Crippen MR) is 91.4 cm³/mol. The van der Waals surface area contributed by atoms with Crippen LogP contribution in [0.5, 0.6) is 17.2 Å². The molecule has 0 aliphatic rings. The van der Waals surface area contributed by atoms with Crippen LogP contribution in [0.2, 0.25) is 0 Å². The van der Waals surface area contributed by atoms with Gasteiger partial charge in [-0.05, 0) is 11.4 Å². The summed E-state index contributed by atoms with van der Waals surface area (Å²) in [5.74, 6) is 0.632. The summed E-state index contributed by atoms with van der Waals surface area (Å²) in [6, 6.07) is 6.69. The highest BCUT2D eigenvalue weighted by Crippen LogP contribution is 2.39. The van der Waals surface area contributed by atoms with Crippen molar-refractivity contribution in [2.45, 2.75) is 0 Å². The smallest absolute Gasteiger partial charge is 0.261 e. The number of anilines is 1. The van der Waals surface area contributed by atoms with Gasteiger partial charge >= 0.3 is 0 Å². The van der Waals surface area contributed by atoms with E-state index in [1.54, 1.807) is 29.6 Å². The zero-order chi connectivity index (χ0) is 17.5. The molecule has 2 amide bonds. The van der Waals surface area contributed by atoms with E-state index in [-0.39, 0.29) is 18.4 Å². The fraction of sp³-hybridized carbons (Fsp3) is 0.250. The Morgan fingerprint density at radius 2 is 1.75 bits per heavy atom. The fourth-order valence-corrected chi connectivity index (χ4v) is 2.65. The van der Waals surface area contributed by atoms with Crippen molar-refractivity contribution in [1.29, 1.82) is 0 Å². The highest BCUT2D eigenvalue weighted by atomic mass is 32.1. The maximum Gasteiger partial charge on any atom is 0.261 e. The molecule has 2 rings (SSSR count). The molecule has 0 saturated heterocycles. The molecule has 0 spiro atoms. The number of rotatable bonds is 7. The summed E-state index contributed by atoms with van der Waals surface area (Å²) < 4.78 is 15.7. The lowest BCUT2D eigenvalue weighted by Gasteiger charge is -2.14. The van der Waals surface area contributed by atoms with Gasteiger partial charge in [-0.25, -0.2) is 0 Å². The van der Waals surface area contributed by atoms with Crippen molar-refractivity contribution in [3.8, 4) is 17.2 Å². The van der Waals surface area contributed by atoms with Crippen LogP contribution in [0.4, 0.5) is 5.69 Å². The molecule has 0 unspecified atom stereocenters. The molecule has 24 heavy (non-hydrogen) atoms. The lowest BCUT2D eigenvalue weighted by Crippen LogP contribution is -2.32. The number of ether oxygens (including phenoxy) is 3. The van der Waals surface area contributed by atoms with Gasteiger partial charge in [-0.3, -0.25) is 9.59 Å². The highest BCUT2D eigenvalue weighted by molar-refractivity contribution is 7.12. The van der Waals surface area contributed by atoms with Gasteiger partial charge in [0.2, 0.25) is 11.7 Å². The second-order valence-electron chi connectivity index (χ2n) is 4.62. The maximum atomic E-state index is 12.0. The average Bonchev–Trinajstić information content (AvgIpc) is 3.13. The van der Waals surface area contributed by atoms with Gasteiger partial charge in [-0.15, -0.1) is 11.3 Å². The number of thiophene rings is 1. The number of amides is 2. The molecule has 1 heterocycles. The predicted octanol–water partition coefficient (Wildman–Crippen LogP) is 2.14. The first-order valence-electron chi connectivity index (χ1n) is 7.00. The Labute approximate surface area is 143 Å². The quantitative estimate of drug-likeness (QED) is 0.799. The SMILES string of the molecule is COc1cc(NC(=O)CNC(=O)c2cccs2)cc(OC)c1OC. The summed E-state index contributed by atoms with van der Waals surface area (Å²) >= 11 is 1.31. The van der Waals surface area contributed by atoms with Gasteiger partial charge in [0.15, 0.2) is 11.5 Å². The molecule has 0 saturated carbocycles. The van der Waals surface area contributed by atoms with E-state index in [2.05, 4.69) is 10.6 Å². The second-order valence-corrected chi connectivity index (χ2v) is 5.57. The number of carbonyl (C=O) groups is 2. The molecule has 0 aliphatic heterocycles. The van der Waals surface area contributed by atoms with Crippen molar-refractivity contribution in [2.75, 3.05) is 33.2 Å². The molecule has 1 aromatic heterocycles. The largest absolute Gasteiger partial charge is 0.493 e. The van der Waals surface area contributed by atoms with Gasteiger partial charge in [0.25, 0.3) is 5.91 Å². The summed E-state index contributed by atoms with van der Waals surface area (Å²) in [6.07, 6.45) is 0. The third-order valence-electron chi connectivity index (χ3n) is 3.10. The van der Waals surface area contributed by atoms with Crippen molar-refractivity contribution in [2.24, 2.45) is 0 Å². The van der Waals surface area contributed by atoms with Crippen LogP contribution < -0.4 is 24.8 Å². The van der Waals surface area contributed by atoms with E-state index < -0.39 is 0 Å². The summed E-state index contributed by atoms with van der Waals surface area (Å²) in [6.45, 7) is -0.145. The van der Waals surface area contributed by atoms with E-state index in [0.717, 1.165) is 0 Å². The molecule has 2 N–H and O–H groups in total. The summed E-state index contributed by atoms with van der Waals surface area (Å²) in [7, 11) is 4.48. The lowest BCUT2D eigenvalue weighted by molar-refractivity contribution is -0.115. The summed E-state index contributed by atoms with van der Waals surface area (Å²) in [4.78, 5) is 24.4. The molecular formula is C16H18N2O5S. The molecule has 0 radical (unpaired) electrons. The van der Waals surface area contributed by atoms with Gasteiger partial charge in [-0.1, -0.05) is 6.07 Å². The van der Waals surface area contributed by atoms with Crippen LogP contribution in [0, 0.1) is 0 Å². The van der Waals surface area contributed by atoms with Crippen molar-refractivity contribution in [3.05, 3.63) is 34.5 Å². The normalized spacial score (nSPS) is 9.96. The molecule has 0 fully saturated rings. The van der Waals surface area contributed by atoms with Crippen molar-refractivity contribution in [1.82, 2.24) is 5.32 Å². The van der Waals surface area contributed by atoms with Gasteiger partial charge in [-0.2, -0.15) is 0 Å². The topological polar surface area (TPSA) is 85.9 Å². The molecule has 7 nitrogen and oxygen atoms in total. The molecule has 8 heteroatoms. The van der Waals surface area contributed by atoms with Crippen molar-refractivity contribution < 1.29 is 23.8 Å². The standard InChI is InChI=1S/C16H18N2O5S/c1-21-11-7-10(8-12(22-2)15(11)23-3)18-14(19)9-17-16(20)13-5-4-6-24-13/h4-8H,9H2,1-3H3,(H,17,20)(H,18,19). The Morgan fingerprint density at radius 3 is 2.25 bits per heavy atom. The summed E-state index contributed by atoms with van der Waals surface area (Å²) in [5, 5.41) is 7.03. The minimum Gasteiger partial charge on any atom is -0.493 e. The molecule has 0 atom stereocenters. The third kappa shape index (κ3) is 4.17. The first kappa shape index (κ1) is 17.6. The Bertz CT molecular complexity index is 690. The van der Waals surface area contributed by atoms with E-state index in [1.807, 2.05) is 0 Å². The number of hydrogen-bond acceptors (Lipinski definition) is 6. The maximum absolute atomic E-state index is 12.0. The van der Waals surface area contributed by atoms with E-state index in [4.69, 9.17) is 14.2 Å². The Kier molecular flexibility index (Phi) is 6.02. The van der Waals surface area contributed by atoms with Crippen LogP contribution in [-0.2, 0) is 4.79 Å². The molecule has 1 aromatic carbocycles. The minimum atomic E-state index is -0.367. The van der Waals surface area contributed by atoms with Crippen LogP contribution in [0.15, 0.2) is 29.6 Å². The van der Waals surface area contributed by atoms with Crippen LogP contribution in [0.1, 0.15) is 9.67 Å². The Hall–Kier alpha value is -2.74. The van der Waals surface area contributed by atoms with E-state index in [1.165, 1.54) is 32.7 Å². The van der Waals surface area contributed by atoms with Crippen LogP contribution in [0.25, 0.3) is 0 Å². The summed E-state index contributed by atoms with van der Waals surface area (Å²) in [5.41, 5.74) is 0.472. The van der Waals surface area contributed by atoms with E-state index in [9.17, 15) is 9.59 Å². The minimum absolute atomic E-state index is 0.145. The van der Waals surface area contributed by atoms with Crippen LogP contribution in [-0.4, -0.2) is 39.7 Å². The van der Waals surface area contributed by atoms with Crippen LogP contribution in [0.3, 0.4) is 0 Å². The van der Waals surface area contributed by atoms with Crippen molar-refractivity contribution in [3.63, 3.8) is 0 Å². The monoisotopic (exact) mass is 350 g/mol. The third-order valence-corrected chi connectivity index (χ3v) is 3.97. The molecule has 2 aromatic rings. The zero-order valence-electron chi connectivity index (χ0n) is 13.5. The number of carbonyl (C=O) groups excluding carboxylic acids is 2. The lowest BCUT2D eigenvalue weighted by atomic mass is 10.2. The second kappa shape index (κ2) is 8.21. The van der Waals surface area contributed by atoms with E-state index in [0.29, 0.717) is 27.8 Å². The van der Waals surface area contributed by atoms with Gasteiger partial charge in [0.1, 0.15) is 0 Å². The molecule has 128 valence electrons. The first-order valence-corrected chi connectivity index (χ1v) is 7.88. The van der Waals surface area contributed by atoms with E-state index >= 15 is 0 Å². The Morgan fingerprint density at radius 1 is 1.08 bits per heavy atom. The fourth-order valence-electron chi connectivity index (χ4n) is 2.01. The Balaban J connectivity index is 2.02. The highest BCUT2D eigenvalue weighted by Gasteiger charge is 2.15. The van der Waals surface area contributed by atoms with Crippen molar-refractivity contribution >= 4 is 28.8 Å². The number of benzene rings is 1. The average molecular weight is 350 g/mol. The van der Waals surface area contributed by atoms with Crippen LogP contribution >= 0.6 is 11.3 Å². The number of hydrogen-bond donors (Lipinski definition) is 2. The zero-order valence-corrected chi connectivity index (χ0v) is 14.4. The van der Waals surface area contributed by atoms with Gasteiger partial charge < -0.3 is 24.8 Å².